The molecule has 1 aliphatic heterocycles. The molecule has 3 rings (SSSR count). The van der Waals surface area contributed by atoms with Crippen molar-refractivity contribution in [2.24, 2.45) is 5.73 Å². The largest absolute Gasteiger partial charge is 0.368 e. The predicted octanol–water partition coefficient (Wildman–Crippen LogP) is 2.84. The van der Waals surface area contributed by atoms with E-state index in [9.17, 15) is 0 Å². The van der Waals surface area contributed by atoms with E-state index in [0.717, 1.165) is 19.0 Å². The van der Waals surface area contributed by atoms with Crippen LogP contribution >= 0.6 is 0 Å². The molecule has 2 N–H and O–H groups in total. The van der Waals surface area contributed by atoms with Gasteiger partial charge in [0.05, 0.1) is 0 Å². The van der Waals surface area contributed by atoms with Crippen LogP contribution in [0.1, 0.15) is 43.7 Å². The lowest BCUT2D eigenvalue weighted by Gasteiger charge is -2.38. The highest BCUT2D eigenvalue weighted by Crippen LogP contribution is 2.36. The molecular formula is C14H20N2. The van der Waals surface area contributed by atoms with E-state index in [2.05, 4.69) is 29.2 Å². The van der Waals surface area contributed by atoms with Gasteiger partial charge in [0, 0.05) is 24.3 Å². The lowest BCUT2D eigenvalue weighted by molar-refractivity contribution is 0.528. The van der Waals surface area contributed by atoms with Crippen LogP contribution in [0.25, 0.3) is 0 Å². The van der Waals surface area contributed by atoms with Crippen LogP contribution in [0.3, 0.4) is 0 Å². The van der Waals surface area contributed by atoms with Crippen molar-refractivity contribution in [3.05, 3.63) is 29.8 Å². The predicted molar refractivity (Wildman–Crippen MR) is 67.6 cm³/mol. The fourth-order valence-corrected chi connectivity index (χ4v) is 3.21. The number of hydrogen-bond donors (Lipinski definition) is 1. The first-order chi connectivity index (χ1) is 7.86. The maximum Gasteiger partial charge on any atom is 0.0417 e. The van der Waals surface area contributed by atoms with Crippen molar-refractivity contribution >= 4 is 5.69 Å². The van der Waals surface area contributed by atoms with Gasteiger partial charge in [-0.05, 0) is 30.9 Å². The second kappa shape index (κ2) is 4.10. The van der Waals surface area contributed by atoms with Gasteiger partial charge in [-0.25, -0.2) is 0 Å². The van der Waals surface area contributed by atoms with E-state index in [4.69, 9.17) is 5.73 Å². The van der Waals surface area contributed by atoms with Crippen molar-refractivity contribution in [1.82, 2.24) is 0 Å². The quantitative estimate of drug-likeness (QED) is 0.782. The summed E-state index contributed by atoms with van der Waals surface area (Å²) in [6, 6.07) is 9.70. The molecule has 1 aliphatic carbocycles. The summed E-state index contributed by atoms with van der Waals surface area (Å²) in [6.45, 7) is 1.14. The van der Waals surface area contributed by atoms with Crippen molar-refractivity contribution in [1.29, 1.82) is 0 Å². The number of rotatable bonds is 1. The zero-order valence-corrected chi connectivity index (χ0v) is 9.73. The molecule has 1 saturated carbocycles. The summed E-state index contributed by atoms with van der Waals surface area (Å²) in [4.78, 5) is 2.60. The number of anilines is 1. The van der Waals surface area contributed by atoms with E-state index in [1.165, 1.54) is 36.9 Å². The minimum atomic E-state index is 0.244. The lowest BCUT2D eigenvalue weighted by atomic mass is 9.95. The molecule has 1 atom stereocenters. The third-order valence-electron chi connectivity index (χ3n) is 4.09. The molecule has 0 amide bonds. The van der Waals surface area contributed by atoms with E-state index in [0.29, 0.717) is 0 Å². The fraction of sp³-hybridized carbons (Fsp3) is 0.571. The van der Waals surface area contributed by atoms with E-state index < -0.39 is 0 Å². The van der Waals surface area contributed by atoms with E-state index >= 15 is 0 Å². The minimum Gasteiger partial charge on any atom is -0.368 e. The standard InChI is InChI=1S/C14H20N2/c15-13-9-10-16(11-5-1-2-6-11)14-8-4-3-7-12(13)14/h3-4,7-8,11,13H,1-2,5-6,9-10,15H2. The summed E-state index contributed by atoms with van der Waals surface area (Å²) in [6.07, 6.45) is 6.63. The van der Waals surface area contributed by atoms with Gasteiger partial charge in [0.2, 0.25) is 0 Å². The summed E-state index contributed by atoms with van der Waals surface area (Å²) in [7, 11) is 0. The van der Waals surface area contributed by atoms with Gasteiger partial charge in [-0.1, -0.05) is 31.0 Å². The van der Waals surface area contributed by atoms with Gasteiger partial charge in [0.1, 0.15) is 0 Å². The highest BCUT2D eigenvalue weighted by Gasteiger charge is 2.28. The number of fused-ring (bicyclic) bond motifs is 1. The van der Waals surface area contributed by atoms with Gasteiger partial charge in [-0.2, -0.15) is 0 Å². The molecular weight excluding hydrogens is 196 g/mol. The second-order valence-electron chi connectivity index (χ2n) is 5.09. The van der Waals surface area contributed by atoms with Crippen molar-refractivity contribution in [2.45, 2.75) is 44.2 Å². The van der Waals surface area contributed by atoms with Crippen molar-refractivity contribution in [3.8, 4) is 0 Å². The van der Waals surface area contributed by atoms with Gasteiger partial charge in [-0.3, -0.25) is 0 Å². The molecule has 1 unspecified atom stereocenters. The fourth-order valence-electron chi connectivity index (χ4n) is 3.21. The first kappa shape index (κ1) is 10.2. The topological polar surface area (TPSA) is 29.3 Å². The molecule has 86 valence electrons. The van der Waals surface area contributed by atoms with Crippen LogP contribution in [-0.4, -0.2) is 12.6 Å². The Morgan fingerprint density at radius 3 is 2.62 bits per heavy atom. The first-order valence-corrected chi connectivity index (χ1v) is 6.47. The average molecular weight is 216 g/mol. The molecule has 2 nitrogen and oxygen atoms in total. The molecule has 2 heteroatoms. The van der Waals surface area contributed by atoms with Crippen LogP contribution in [0.5, 0.6) is 0 Å². The number of para-hydroxylation sites is 1. The Kier molecular flexibility index (Phi) is 2.60. The third-order valence-corrected chi connectivity index (χ3v) is 4.09. The smallest absolute Gasteiger partial charge is 0.0417 e. The number of nitrogens with zero attached hydrogens (tertiary/aromatic N) is 1. The Morgan fingerprint density at radius 2 is 1.81 bits per heavy atom. The van der Waals surface area contributed by atoms with Gasteiger partial charge >= 0.3 is 0 Å². The van der Waals surface area contributed by atoms with Gasteiger partial charge in [0.15, 0.2) is 0 Å². The molecule has 0 saturated heterocycles. The summed E-state index contributed by atoms with van der Waals surface area (Å²) in [5, 5.41) is 0. The van der Waals surface area contributed by atoms with Crippen molar-refractivity contribution in [2.75, 3.05) is 11.4 Å². The van der Waals surface area contributed by atoms with Gasteiger partial charge in [0.25, 0.3) is 0 Å². The molecule has 0 radical (unpaired) electrons. The zero-order valence-electron chi connectivity index (χ0n) is 9.73. The second-order valence-corrected chi connectivity index (χ2v) is 5.09. The Balaban J connectivity index is 1.94. The average Bonchev–Trinajstić information content (AvgIpc) is 2.83. The molecule has 0 bridgehead atoms. The molecule has 1 heterocycles. The van der Waals surface area contributed by atoms with Crippen LogP contribution in [0.4, 0.5) is 5.69 Å². The Labute approximate surface area is 97.4 Å². The Morgan fingerprint density at radius 1 is 1.06 bits per heavy atom. The molecule has 0 aromatic heterocycles. The Hall–Kier alpha value is -1.02. The zero-order chi connectivity index (χ0) is 11.0. The molecule has 16 heavy (non-hydrogen) atoms. The molecule has 0 spiro atoms. The van der Waals surface area contributed by atoms with Crippen LogP contribution in [0.2, 0.25) is 0 Å². The first-order valence-electron chi connectivity index (χ1n) is 6.47. The molecule has 2 aliphatic rings. The third kappa shape index (κ3) is 1.61. The SMILES string of the molecule is NC1CCN(C2CCCC2)c2ccccc21. The van der Waals surface area contributed by atoms with Crippen molar-refractivity contribution < 1.29 is 0 Å². The monoisotopic (exact) mass is 216 g/mol. The summed E-state index contributed by atoms with van der Waals surface area (Å²) in [5.41, 5.74) is 8.92. The van der Waals surface area contributed by atoms with Crippen LogP contribution in [-0.2, 0) is 0 Å². The Bertz CT molecular complexity index is 369. The van der Waals surface area contributed by atoms with E-state index in [1.54, 1.807) is 0 Å². The van der Waals surface area contributed by atoms with Crippen LogP contribution in [0, 0.1) is 0 Å². The molecule has 1 aromatic carbocycles. The summed E-state index contributed by atoms with van der Waals surface area (Å²) in [5.74, 6) is 0. The van der Waals surface area contributed by atoms with E-state index in [1.807, 2.05) is 0 Å². The highest BCUT2D eigenvalue weighted by atomic mass is 15.2. The highest BCUT2D eigenvalue weighted by molar-refractivity contribution is 5.57. The van der Waals surface area contributed by atoms with Crippen LogP contribution in [0.15, 0.2) is 24.3 Å². The maximum atomic E-state index is 6.18. The summed E-state index contributed by atoms with van der Waals surface area (Å²) >= 11 is 0. The van der Waals surface area contributed by atoms with E-state index in [-0.39, 0.29) is 6.04 Å². The van der Waals surface area contributed by atoms with Crippen molar-refractivity contribution in [3.63, 3.8) is 0 Å². The number of nitrogens with two attached hydrogens (primary N) is 1. The van der Waals surface area contributed by atoms with Crippen LogP contribution < -0.4 is 10.6 Å². The lowest BCUT2D eigenvalue weighted by Crippen LogP contribution is -2.39. The maximum absolute atomic E-state index is 6.18. The minimum absolute atomic E-state index is 0.244. The number of benzene rings is 1. The molecule has 1 fully saturated rings. The van der Waals surface area contributed by atoms with Gasteiger partial charge in [-0.15, -0.1) is 0 Å². The van der Waals surface area contributed by atoms with Gasteiger partial charge < -0.3 is 10.6 Å². The number of hydrogen-bond acceptors (Lipinski definition) is 2. The normalized spacial score (nSPS) is 25.8. The summed E-state index contributed by atoms with van der Waals surface area (Å²) < 4.78 is 0. The molecule has 1 aromatic rings.